The molecular formula is C17H33N3O. The minimum absolute atomic E-state index is 0.220. The molecule has 4 heteroatoms. The van der Waals surface area contributed by atoms with Gasteiger partial charge in [-0.15, -0.1) is 0 Å². The van der Waals surface area contributed by atoms with Crippen molar-refractivity contribution in [1.29, 1.82) is 0 Å². The fourth-order valence-electron chi connectivity index (χ4n) is 3.69. The second-order valence-electron chi connectivity index (χ2n) is 7.48. The Labute approximate surface area is 130 Å². The summed E-state index contributed by atoms with van der Waals surface area (Å²) in [7, 11) is 0. The molecule has 2 fully saturated rings. The molecule has 0 aromatic rings. The third-order valence-electron chi connectivity index (χ3n) is 5.27. The molecule has 122 valence electrons. The second kappa shape index (κ2) is 6.66. The average Bonchev–Trinajstić information content (AvgIpc) is 2.98. The van der Waals surface area contributed by atoms with E-state index in [2.05, 4.69) is 49.7 Å². The summed E-state index contributed by atoms with van der Waals surface area (Å²) in [6, 6.07) is 0. The van der Waals surface area contributed by atoms with Crippen molar-refractivity contribution in [3.63, 3.8) is 0 Å². The molecule has 0 aromatic carbocycles. The van der Waals surface area contributed by atoms with Crippen LogP contribution in [0.5, 0.6) is 0 Å². The topological polar surface area (TPSA) is 35.6 Å². The summed E-state index contributed by atoms with van der Waals surface area (Å²) in [5, 5.41) is 3.61. The van der Waals surface area contributed by atoms with E-state index in [1.807, 2.05) is 0 Å². The van der Waals surface area contributed by atoms with Gasteiger partial charge in [0.1, 0.15) is 0 Å². The molecule has 3 unspecified atom stereocenters. The molecule has 1 amide bonds. The fraction of sp³-hybridized carbons (Fsp3) is 0.941. The zero-order valence-electron chi connectivity index (χ0n) is 14.5. The summed E-state index contributed by atoms with van der Waals surface area (Å²) in [4.78, 5) is 17.5. The highest BCUT2D eigenvalue weighted by atomic mass is 16.2. The fourth-order valence-corrected chi connectivity index (χ4v) is 3.69. The van der Waals surface area contributed by atoms with Gasteiger partial charge in [0.2, 0.25) is 5.91 Å². The monoisotopic (exact) mass is 295 g/mol. The van der Waals surface area contributed by atoms with E-state index in [0.29, 0.717) is 17.7 Å². The number of likely N-dealkylation sites (tertiary alicyclic amines) is 1. The Balaban J connectivity index is 2.04. The van der Waals surface area contributed by atoms with Crippen LogP contribution in [-0.4, -0.2) is 53.6 Å². The van der Waals surface area contributed by atoms with Crippen molar-refractivity contribution < 1.29 is 4.79 Å². The van der Waals surface area contributed by atoms with E-state index in [1.54, 1.807) is 0 Å². The quantitative estimate of drug-likeness (QED) is 0.817. The van der Waals surface area contributed by atoms with Crippen LogP contribution in [0.4, 0.5) is 0 Å². The maximum atomic E-state index is 12.8. The lowest BCUT2D eigenvalue weighted by atomic mass is 9.99. The van der Waals surface area contributed by atoms with Gasteiger partial charge in [-0.05, 0) is 51.1 Å². The molecular weight excluding hydrogens is 262 g/mol. The maximum absolute atomic E-state index is 12.8. The number of hydrogen-bond donors (Lipinski definition) is 1. The first-order valence-corrected chi connectivity index (χ1v) is 8.70. The smallest absolute Gasteiger partial charge is 0.243 e. The van der Waals surface area contributed by atoms with Gasteiger partial charge < -0.3 is 9.80 Å². The summed E-state index contributed by atoms with van der Waals surface area (Å²) in [5.74, 6) is 1.56. The van der Waals surface area contributed by atoms with Gasteiger partial charge in [-0.3, -0.25) is 10.1 Å². The highest BCUT2D eigenvalue weighted by Gasteiger charge is 2.47. The zero-order chi connectivity index (χ0) is 15.6. The number of amides is 1. The Morgan fingerprint density at radius 2 is 2.10 bits per heavy atom. The molecule has 21 heavy (non-hydrogen) atoms. The van der Waals surface area contributed by atoms with Crippen molar-refractivity contribution in [2.75, 3.05) is 26.2 Å². The number of carbonyl (C=O) groups excluding carboxylic acids is 1. The highest BCUT2D eigenvalue weighted by Crippen LogP contribution is 2.29. The Morgan fingerprint density at radius 3 is 2.62 bits per heavy atom. The SMILES string of the molecule is CCN1CCC(CN2C(=O)C(C)(CC)NC2CC(C)C)C1. The minimum atomic E-state index is -0.359. The summed E-state index contributed by atoms with van der Waals surface area (Å²) >= 11 is 0. The van der Waals surface area contributed by atoms with Gasteiger partial charge >= 0.3 is 0 Å². The minimum Gasteiger partial charge on any atom is -0.325 e. The predicted octanol–water partition coefficient (Wildman–Crippen LogP) is 2.30. The summed E-state index contributed by atoms with van der Waals surface area (Å²) in [6.07, 6.45) is 3.36. The molecule has 0 bridgehead atoms. The molecule has 2 aliphatic heterocycles. The maximum Gasteiger partial charge on any atom is 0.243 e. The van der Waals surface area contributed by atoms with Crippen LogP contribution < -0.4 is 5.32 Å². The first kappa shape index (κ1) is 16.8. The number of rotatable bonds is 6. The summed E-state index contributed by atoms with van der Waals surface area (Å²) in [5.41, 5.74) is -0.359. The Morgan fingerprint density at radius 1 is 1.38 bits per heavy atom. The number of nitrogens with zero attached hydrogens (tertiary/aromatic N) is 2. The van der Waals surface area contributed by atoms with Crippen LogP contribution in [0.2, 0.25) is 0 Å². The van der Waals surface area contributed by atoms with Crippen molar-refractivity contribution in [1.82, 2.24) is 15.1 Å². The number of carbonyl (C=O) groups is 1. The molecule has 2 aliphatic rings. The Bertz CT molecular complexity index is 371. The van der Waals surface area contributed by atoms with Crippen LogP contribution in [0.25, 0.3) is 0 Å². The van der Waals surface area contributed by atoms with Crippen LogP contribution >= 0.6 is 0 Å². The van der Waals surface area contributed by atoms with Gasteiger partial charge in [-0.25, -0.2) is 0 Å². The van der Waals surface area contributed by atoms with E-state index >= 15 is 0 Å². The third kappa shape index (κ3) is 3.59. The van der Waals surface area contributed by atoms with E-state index in [9.17, 15) is 4.79 Å². The Hall–Kier alpha value is -0.610. The first-order valence-electron chi connectivity index (χ1n) is 8.70. The summed E-state index contributed by atoms with van der Waals surface area (Å²) in [6.45, 7) is 15.3. The molecule has 0 radical (unpaired) electrons. The molecule has 0 spiro atoms. The van der Waals surface area contributed by atoms with Crippen LogP contribution in [0.3, 0.4) is 0 Å². The normalized spacial score (nSPS) is 34.4. The standard InChI is InChI=1S/C17H33N3O/c1-6-17(5)16(21)20(15(18-17)10-13(3)4)12-14-8-9-19(7-2)11-14/h13-15,18H,6-12H2,1-5H3. The molecule has 2 rings (SSSR count). The number of nitrogens with one attached hydrogen (secondary N) is 1. The predicted molar refractivity (Wildman–Crippen MR) is 87.0 cm³/mol. The van der Waals surface area contributed by atoms with Gasteiger partial charge in [0.05, 0.1) is 11.7 Å². The second-order valence-corrected chi connectivity index (χ2v) is 7.48. The summed E-state index contributed by atoms with van der Waals surface area (Å²) < 4.78 is 0. The van der Waals surface area contributed by atoms with E-state index in [-0.39, 0.29) is 11.7 Å². The van der Waals surface area contributed by atoms with Crippen LogP contribution in [-0.2, 0) is 4.79 Å². The third-order valence-corrected chi connectivity index (χ3v) is 5.27. The van der Waals surface area contributed by atoms with Gasteiger partial charge in [0.25, 0.3) is 0 Å². The molecule has 3 atom stereocenters. The van der Waals surface area contributed by atoms with Gasteiger partial charge in [0, 0.05) is 13.1 Å². The average molecular weight is 295 g/mol. The van der Waals surface area contributed by atoms with Crippen molar-refractivity contribution in [2.24, 2.45) is 11.8 Å². The molecule has 1 N–H and O–H groups in total. The van der Waals surface area contributed by atoms with Crippen molar-refractivity contribution in [3.05, 3.63) is 0 Å². The van der Waals surface area contributed by atoms with E-state index in [1.165, 1.54) is 13.0 Å². The van der Waals surface area contributed by atoms with Crippen LogP contribution in [0, 0.1) is 11.8 Å². The molecule has 0 saturated carbocycles. The molecule has 0 aliphatic carbocycles. The van der Waals surface area contributed by atoms with Crippen LogP contribution in [0.15, 0.2) is 0 Å². The molecule has 4 nitrogen and oxygen atoms in total. The van der Waals surface area contributed by atoms with Gasteiger partial charge in [0.15, 0.2) is 0 Å². The molecule has 2 heterocycles. The molecule has 2 saturated heterocycles. The van der Waals surface area contributed by atoms with Crippen molar-refractivity contribution in [2.45, 2.75) is 65.6 Å². The van der Waals surface area contributed by atoms with E-state index < -0.39 is 0 Å². The van der Waals surface area contributed by atoms with E-state index in [4.69, 9.17) is 0 Å². The number of hydrogen-bond acceptors (Lipinski definition) is 3. The first-order chi connectivity index (χ1) is 9.89. The van der Waals surface area contributed by atoms with Gasteiger partial charge in [-0.1, -0.05) is 27.7 Å². The van der Waals surface area contributed by atoms with Crippen molar-refractivity contribution in [3.8, 4) is 0 Å². The lowest BCUT2D eigenvalue weighted by Gasteiger charge is -2.28. The van der Waals surface area contributed by atoms with Crippen molar-refractivity contribution >= 4 is 5.91 Å². The zero-order valence-corrected chi connectivity index (χ0v) is 14.5. The van der Waals surface area contributed by atoms with Crippen LogP contribution in [0.1, 0.15) is 53.9 Å². The van der Waals surface area contributed by atoms with E-state index in [0.717, 1.165) is 32.5 Å². The lowest BCUT2D eigenvalue weighted by molar-refractivity contribution is -0.133. The Kier molecular flexibility index (Phi) is 5.31. The highest BCUT2D eigenvalue weighted by molar-refractivity contribution is 5.88. The van der Waals surface area contributed by atoms with Gasteiger partial charge in [-0.2, -0.15) is 0 Å². The lowest BCUT2D eigenvalue weighted by Crippen LogP contribution is -2.44. The molecule has 0 aromatic heterocycles. The largest absolute Gasteiger partial charge is 0.325 e.